The molecule has 0 spiro atoms. The number of carbonyl (C=O) groups is 2. The number of anilines is 1. The maximum Gasteiger partial charge on any atom is 0.269 e. The van der Waals surface area contributed by atoms with Gasteiger partial charge in [0.05, 0.1) is 16.6 Å². The number of sulfonamides is 1. The van der Waals surface area contributed by atoms with Crippen molar-refractivity contribution < 1.29 is 22.7 Å². The highest BCUT2D eigenvalue weighted by Gasteiger charge is 2.43. The zero-order valence-electron chi connectivity index (χ0n) is 18.7. The van der Waals surface area contributed by atoms with Crippen molar-refractivity contribution in [3.8, 4) is 0 Å². The van der Waals surface area contributed by atoms with Crippen LogP contribution in [0.5, 0.6) is 0 Å². The van der Waals surface area contributed by atoms with Crippen molar-refractivity contribution in [2.75, 3.05) is 18.5 Å². The first-order valence-corrected chi connectivity index (χ1v) is 12.3. The van der Waals surface area contributed by atoms with E-state index in [1.54, 1.807) is 13.8 Å². The van der Waals surface area contributed by atoms with Crippen molar-refractivity contribution in [1.82, 2.24) is 13.9 Å². The lowest BCUT2D eigenvalue weighted by molar-refractivity contribution is 0.0846. The van der Waals surface area contributed by atoms with Crippen molar-refractivity contribution in [1.29, 1.82) is 0 Å². The second-order valence-corrected chi connectivity index (χ2v) is 9.77. The number of rotatable bonds is 8. The molecule has 1 aliphatic rings. The number of aryl methyl sites for hydroxylation is 1. The molecule has 2 amide bonds. The summed E-state index contributed by atoms with van der Waals surface area (Å²) in [6.45, 7) is 7.00. The first-order chi connectivity index (χ1) is 15.8. The molecule has 0 aliphatic carbocycles. The van der Waals surface area contributed by atoms with Gasteiger partial charge in [-0.1, -0.05) is 12.1 Å². The topological polar surface area (TPSA) is 111 Å². The molecular weight excluding hydrogens is 444 g/mol. The average molecular weight is 471 g/mol. The van der Waals surface area contributed by atoms with E-state index in [1.165, 1.54) is 18.2 Å². The van der Waals surface area contributed by atoms with Gasteiger partial charge in [-0.25, -0.2) is 17.7 Å². The second-order valence-electron chi connectivity index (χ2n) is 7.99. The molecule has 2 aromatic carbocycles. The molecule has 10 heteroatoms. The van der Waals surface area contributed by atoms with Gasteiger partial charge in [0.25, 0.3) is 21.8 Å². The van der Waals surface area contributed by atoms with Gasteiger partial charge >= 0.3 is 0 Å². The van der Waals surface area contributed by atoms with Gasteiger partial charge in [0.1, 0.15) is 4.90 Å². The number of hydrogen-bond donors (Lipinski definition) is 1. The van der Waals surface area contributed by atoms with Gasteiger partial charge in [0.15, 0.2) is 0 Å². The Hall–Kier alpha value is -3.24. The Labute approximate surface area is 192 Å². The summed E-state index contributed by atoms with van der Waals surface area (Å²) in [7, 11) is -4.00. The molecule has 4 rings (SSSR count). The fourth-order valence-electron chi connectivity index (χ4n) is 3.94. The van der Waals surface area contributed by atoms with Crippen molar-refractivity contribution in [3.05, 3.63) is 53.6 Å². The van der Waals surface area contributed by atoms with Gasteiger partial charge < -0.3 is 9.30 Å². The summed E-state index contributed by atoms with van der Waals surface area (Å²) in [5, 5.41) is 2.80. The quantitative estimate of drug-likeness (QED) is 0.506. The molecule has 33 heavy (non-hydrogen) atoms. The number of nitrogens with zero attached hydrogens (tertiary/aromatic N) is 3. The Kier molecular flexibility index (Phi) is 6.22. The van der Waals surface area contributed by atoms with Crippen molar-refractivity contribution >= 4 is 38.8 Å². The Morgan fingerprint density at radius 1 is 1.18 bits per heavy atom. The molecule has 0 bridgehead atoms. The number of hydrogen-bond acceptors (Lipinski definition) is 6. The van der Waals surface area contributed by atoms with Crippen LogP contribution in [0.2, 0.25) is 0 Å². The first kappa shape index (κ1) is 22.9. The number of carbonyl (C=O) groups excluding carboxylic acids is 2. The predicted octanol–water partition coefficient (Wildman–Crippen LogP) is 3.27. The minimum absolute atomic E-state index is 0.0726. The molecule has 1 N–H and O–H groups in total. The summed E-state index contributed by atoms with van der Waals surface area (Å²) >= 11 is 0. The number of nitrogens with one attached hydrogen (secondary N) is 1. The van der Waals surface area contributed by atoms with Gasteiger partial charge in [-0.2, -0.15) is 0 Å². The van der Waals surface area contributed by atoms with E-state index in [2.05, 4.69) is 10.3 Å². The van der Waals surface area contributed by atoms with Gasteiger partial charge in [-0.05, 0) is 57.5 Å². The maximum absolute atomic E-state index is 13.0. The molecule has 3 aromatic rings. The Balaban J connectivity index is 1.64. The van der Waals surface area contributed by atoms with Crippen molar-refractivity contribution in [2.24, 2.45) is 0 Å². The molecule has 1 aromatic heterocycles. The summed E-state index contributed by atoms with van der Waals surface area (Å²) in [5.74, 6) is -0.728. The monoisotopic (exact) mass is 470 g/mol. The van der Waals surface area contributed by atoms with E-state index in [4.69, 9.17) is 4.74 Å². The minimum atomic E-state index is -4.00. The van der Waals surface area contributed by atoms with Crippen LogP contribution in [0.3, 0.4) is 0 Å². The van der Waals surface area contributed by atoms with Gasteiger partial charge in [-0.3, -0.25) is 14.9 Å². The molecule has 0 fully saturated rings. The zero-order valence-corrected chi connectivity index (χ0v) is 19.6. The fourth-order valence-corrected chi connectivity index (χ4v) is 5.73. The standard InChI is InChI=1S/C23H26N4O5S/c1-4-32-13-7-12-26-19-9-6-5-8-18(19)24-23(26)25-21(28)16-10-11-17-20(14-16)33(30,31)27(15(2)3)22(17)29/h5-6,8-11,14-15H,4,7,12-13H2,1-3H3,(H,24,25,28). The molecular formula is C23H26N4O5S. The molecule has 0 saturated heterocycles. The van der Waals surface area contributed by atoms with E-state index in [1.807, 2.05) is 35.8 Å². The van der Waals surface area contributed by atoms with Gasteiger partial charge in [0, 0.05) is 31.4 Å². The Bertz CT molecular complexity index is 1330. The number of benzene rings is 2. The van der Waals surface area contributed by atoms with E-state index in [-0.39, 0.29) is 16.0 Å². The third-order valence-corrected chi connectivity index (χ3v) is 7.43. The van der Waals surface area contributed by atoms with Crippen LogP contribution in [0.4, 0.5) is 5.95 Å². The second kappa shape index (κ2) is 8.95. The van der Waals surface area contributed by atoms with Crippen LogP contribution in [0.1, 0.15) is 47.9 Å². The summed E-state index contributed by atoms with van der Waals surface area (Å²) in [5.41, 5.74) is 1.81. The maximum atomic E-state index is 13.0. The van der Waals surface area contributed by atoms with Crippen molar-refractivity contribution in [2.45, 2.75) is 44.7 Å². The van der Waals surface area contributed by atoms with Crippen molar-refractivity contribution in [3.63, 3.8) is 0 Å². The predicted molar refractivity (Wildman–Crippen MR) is 124 cm³/mol. The van der Waals surface area contributed by atoms with Crippen LogP contribution in [-0.4, -0.2) is 53.3 Å². The largest absolute Gasteiger partial charge is 0.382 e. The molecule has 0 saturated carbocycles. The molecule has 2 heterocycles. The van der Waals surface area contributed by atoms with E-state index >= 15 is 0 Å². The lowest BCUT2D eigenvalue weighted by atomic mass is 10.1. The lowest BCUT2D eigenvalue weighted by Gasteiger charge is -2.18. The molecule has 0 atom stereocenters. The summed E-state index contributed by atoms with van der Waals surface area (Å²) in [6.07, 6.45) is 0.737. The highest BCUT2D eigenvalue weighted by atomic mass is 32.2. The summed E-state index contributed by atoms with van der Waals surface area (Å²) < 4.78 is 33.9. The third-order valence-electron chi connectivity index (χ3n) is 5.43. The zero-order chi connectivity index (χ0) is 23.8. The third kappa shape index (κ3) is 4.11. The van der Waals surface area contributed by atoms with E-state index in [9.17, 15) is 18.0 Å². The van der Waals surface area contributed by atoms with E-state index < -0.39 is 27.9 Å². The molecule has 0 unspecified atom stereocenters. The molecule has 174 valence electrons. The van der Waals surface area contributed by atoms with Crippen LogP contribution in [0, 0.1) is 0 Å². The molecule has 9 nitrogen and oxygen atoms in total. The number of para-hydroxylation sites is 2. The summed E-state index contributed by atoms with van der Waals surface area (Å²) in [4.78, 5) is 30.0. The van der Waals surface area contributed by atoms with Crippen LogP contribution in [-0.2, 0) is 21.3 Å². The minimum Gasteiger partial charge on any atom is -0.382 e. The first-order valence-electron chi connectivity index (χ1n) is 10.8. The SMILES string of the molecule is CCOCCCn1c(NC(=O)c2ccc3c(c2)S(=O)(=O)N(C(C)C)C3=O)nc2ccccc21. The fraction of sp³-hybridized carbons (Fsp3) is 0.348. The number of amides is 2. The van der Waals surface area contributed by atoms with Crippen LogP contribution in [0.25, 0.3) is 11.0 Å². The number of ether oxygens (including phenoxy) is 1. The van der Waals surface area contributed by atoms with Gasteiger partial charge in [-0.15, -0.1) is 0 Å². The Morgan fingerprint density at radius 2 is 1.94 bits per heavy atom. The van der Waals surface area contributed by atoms with E-state index in [0.717, 1.165) is 21.8 Å². The van der Waals surface area contributed by atoms with Gasteiger partial charge in [0.2, 0.25) is 5.95 Å². The van der Waals surface area contributed by atoms with Crippen LogP contribution < -0.4 is 5.32 Å². The highest BCUT2D eigenvalue weighted by molar-refractivity contribution is 7.90. The molecule has 0 radical (unpaired) electrons. The van der Waals surface area contributed by atoms with Crippen LogP contribution in [0.15, 0.2) is 47.4 Å². The normalized spacial score (nSPS) is 14.8. The average Bonchev–Trinajstić information content (AvgIpc) is 3.22. The lowest BCUT2D eigenvalue weighted by Crippen LogP contribution is -2.36. The summed E-state index contributed by atoms with van der Waals surface area (Å²) in [6, 6.07) is 11.1. The number of imidazole rings is 1. The smallest absolute Gasteiger partial charge is 0.269 e. The number of aromatic nitrogens is 2. The van der Waals surface area contributed by atoms with E-state index in [0.29, 0.717) is 25.7 Å². The highest BCUT2D eigenvalue weighted by Crippen LogP contribution is 2.33. The molecule has 1 aliphatic heterocycles. The van der Waals surface area contributed by atoms with Crippen LogP contribution >= 0.6 is 0 Å². The number of fused-ring (bicyclic) bond motifs is 2. The Morgan fingerprint density at radius 3 is 2.67 bits per heavy atom.